The molecule has 3 unspecified atom stereocenters. The van der Waals surface area contributed by atoms with Crippen molar-refractivity contribution in [3.8, 4) is 0 Å². The van der Waals surface area contributed by atoms with Crippen LogP contribution in [0, 0.1) is 0 Å². The molecule has 0 aromatic heterocycles. The van der Waals surface area contributed by atoms with Gasteiger partial charge in [-0.05, 0) is 57.6 Å². The van der Waals surface area contributed by atoms with Crippen molar-refractivity contribution in [3.63, 3.8) is 0 Å². The number of rotatable bonds is 19. The molecule has 10 nitrogen and oxygen atoms in total. The number of unbranched alkanes of at least 4 members (excludes halogenated alkanes) is 3. The van der Waals surface area contributed by atoms with Gasteiger partial charge in [0.2, 0.25) is 0 Å². The largest absolute Gasteiger partial charge is 0.396 e. The van der Waals surface area contributed by atoms with Crippen LogP contribution in [0.15, 0.2) is 69.2 Å². The SMILES string of the molecule is CC=CC=CC(ON=Cc1ccc(C=NOCCCCCCON=C(C)C(=O)P)cc1)ON=C(C)C(=O)P. The highest BCUT2D eigenvalue weighted by Gasteiger charge is 2.07. The molecule has 1 rings (SSSR count). The van der Waals surface area contributed by atoms with E-state index in [1.165, 1.54) is 13.1 Å². The lowest BCUT2D eigenvalue weighted by atomic mass is 10.2. The third kappa shape index (κ3) is 16.5. The maximum atomic E-state index is 11.3. The number of benzene rings is 1. The molecule has 0 bridgehead atoms. The van der Waals surface area contributed by atoms with Gasteiger partial charge in [-0.15, -0.1) is 0 Å². The van der Waals surface area contributed by atoms with Crippen molar-refractivity contribution in [2.45, 2.75) is 52.7 Å². The second kappa shape index (κ2) is 20.8. The van der Waals surface area contributed by atoms with Gasteiger partial charge in [-0.3, -0.25) is 9.59 Å². The molecule has 0 heterocycles. The maximum absolute atomic E-state index is 11.3. The van der Waals surface area contributed by atoms with Crippen molar-refractivity contribution >= 4 is 53.4 Å². The van der Waals surface area contributed by atoms with Gasteiger partial charge >= 0.3 is 6.29 Å². The first kappa shape index (κ1) is 32.8. The van der Waals surface area contributed by atoms with E-state index in [-0.39, 0.29) is 16.8 Å². The Kier molecular flexibility index (Phi) is 18.0. The molecule has 3 atom stereocenters. The van der Waals surface area contributed by atoms with Gasteiger partial charge < -0.3 is 19.4 Å². The summed E-state index contributed by atoms with van der Waals surface area (Å²) in [5.41, 5.74) is 1.78. The normalized spacial score (nSPS) is 13.5. The third-order valence-corrected chi connectivity index (χ3v) is 5.42. The van der Waals surface area contributed by atoms with Crippen molar-refractivity contribution in [3.05, 3.63) is 59.7 Å². The highest BCUT2D eigenvalue weighted by Crippen LogP contribution is 2.05. The summed E-state index contributed by atoms with van der Waals surface area (Å²) in [5.74, 6) is 0. The molecule has 0 aliphatic heterocycles. The Morgan fingerprint density at radius 2 is 1.34 bits per heavy atom. The highest BCUT2D eigenvalue weighted by molar-refractivity contribution is 7.45. The Hall–Kier alpha value is -3.22. The summed E-state index contributed by atoms with van der Waals surface area (Å²) >= 11 is 0. The van der Waals surface area contributed by atoms with E-state index in [0.29, 0.717) is 18.9 Å². The fourth-order valence-corrected chi connectivity index (χ4v) is 2.48. The summed E-state index contributed by atoms with van der Waals surface area (Å²) in [6.07, 6.45) is 13.0. The topological polar surface area (TPSA) is 120 Å². The second-order valence-corrected chi connectivity index (χ2v) is 8.84. The van der Waals surface area contributed by atoms with Crippen LogP contribution in [0.2, 0.25) is 0 Å². The van der Waals surface area contributed by atoms with Gasteiger partial charge in [0, 0.05) is 6.08 Å². The van der Waals surface area contributed by atoms with Crippen LogP contribution >= 0.6 is 18.5 Å². The summed E-state index contributed by atoms with van der Waals surface area (Å²) in [7, 11) is 4.09. The summed E-state index contributed by atoms with van der Waals surface area (Å²) in [6.45, 7) is 6.04. The molecule has 1 aromatic rings. The second-order valence-electron chi connectivity index (χ2n) is 7.79. The molecule has 0 aliphatic carbocycles. The zero-order valence-electron chi connectivity index (χ0n) is 22.0. The van der Waals surface area contributed by atoms with E-state index in [4.69, 9.17) is 19.4 Å². The summed E-state index contributed by atoms with van der Waals surface area (Å²) < 4.78 is 0. The van der Waals surface area contributed by atoms with Gasteiger partial charge in [0.15, 0.2) is 11.0 Å². The van der Waals surface area contributed by atoms with Gasteiger partial charge in [-0.1, -0.05) is 81.6 Å². The third-order valence-electron chi connectivity index (χ3n) is 4.58. The lowest BCUT2D eigenvalue weighted by molar-refractivity contribution is -0.112. The van der Waals surface area contributed by atoms with Crippen LogP contribution in [0.5, 0.6) is 0 Å². The number of hydrogen-bond acceptors (Lipinski definition) is 10. The van der Waals surface area contributed by atoms with Crippen molar-refractivity contribution in [2.75, 3.05) is 13.2 Å². The molecular formula is C26H36N4O6P2. The van der Waals surface area contributed by atoms with Gasteiger partial charge in [0.05, 0.1) is 12.4 Å². The average molecular weight is 563 g/mol. The molecule has 1 aromatic carbocycles. The van der Waals surface area contributed by atoms with Gasteiger partial charge in [0.1, 0.15) is 24.6 Å². The zero-order valence-corrected chi connectivity index (χ0v) is 24.3. The first-order valence-corrected chi connectivity index (χ1v) is 13.2. The first-order valence-electron chi connectivity index (χ1n) is 12.0. The maximum Gasteiger partial charge on any atom is 0.308 e. The van der Waals surface area contributed by atoms with Crippen molar-refractivity contribution in [2.24, 2.45) is 20.6 Å². The van der Waals surface area contributed by atoms with Crippen LogP contribution in [-0.2, 0) is 28.9 Å². The molecule has 206 valence electrons. The molecule has 0 fully saturated rings. The molecule has 0 saturated carbocycles. The Labute approximate surface area is 228 Å². The Bertz CT molecular complexity index is 1040. The number of carbonyl (C=O) groups excluding carboxylic acids is 2. The van der Waals surface area contributed by atoms with Gasteiger partial charge in [-0.2, -0.15) is 0 Å². The van der Waals surface area contributed by atoms with E-state index >= 15 is 0 Å². The zero-order chi connectivity index (χ0) is 28.0. The standard InChI is InChI=1S/C26H36N4O6P2/c1-4-5-8-11-24(36-30-21(3)26(32)38)35-28-19-23-14-12-22(13-15-23)18-27-33-16-9-6-7-10-17-34-29-20(2)25(31)37/h4-5,8,11-15,18-19,24H,6-7,9-10,16-17,37-38H2,1-3H3. The minimum atomic E-state index is -0.894. The first-order chi connectivity index (χ1) is 18.3. The number of nitrogens with zero attached hydrogens (tertiary/aromatic N) is 4. The Morgan fingerprint density at radius 3 is 1.92 bits per heavy atom. The molecule has 0 radical (unpaired) electrons. The van der Waals surface area contributed by atoms with E-state index < -0.39 is 6.29 Å². The molecule has 12 heteroatoms. The summed E-state index contributed by atoms with van der Waals surface area (Å²) in [5, 5.41) is 15.4. The minimum absolute atomic E-state index is 0.171. The van der Waals surface area contributed by atoms with Crippen LogP contribution in [0.3, 0.4) is 0 Å². The summed E-state index contributed by atoms with van der Waals surface area (Å²) in [6, 6.07) is 7.47. The van der Waals surface area contributed by atoms with E-state index in [1.807, 2.05) is 46.5 Å². The highest BCUT2D eigenvalue weighted by atomic mass is 31.0. The Morgan fingerprint density at radius 1 is 0.789 bits per heavy atom. The predicted molar refractivity (Wildman–Crippen MR) is 158 cm³/mol. The van der Waals surface area contributed by atoms with Crippen LogP contribution in [-0.4, -0.2) is 54.4 Å². The van der Waals surface area contributed by atoms with Crippen LogP contribution in [0.4, 0.5) is 0 Å². The predicted octanol–water partition coefficient (Wildman–Crippen LogP) is 4.99. The fourth-order valence-electron chi connectivity index (χ4n) is 2.38. The molecule has 0 spiro atoms. The molecule has 0 amide bonds. The van der Waals surface area contributed by atoms with E-state index in [2.05, 4.69) is 29.9 Å². The van der Waals surface area contributed by atoms with E-state index in [9.17, 15) is 9.59 Å². The van der Waals surface area contributed by atoms with Crippen molar-refractivity contribution in [1.29, 1.82) is 0 Å². The number of carbonyl (C=O) groups is 2. The monoisotopic (exact) mass is 562 g/mol. The minimum Gasteiger partial charge on any atom is -0.396 e. The molecule has 0 aliphatic rings. The van der Waals surface area contributed by atoms with Gasteiger partial charge in [0.25, 0.3) is 0 Å². The number of hydrogen-bond donors (Lipinski definition) is 0. The molecular weight excluding hydrogens is 526 g/mol. The van der Waals surface area contributed by atoms with Crippen LogP contribution < -0.4 is 0 Å². The lowest BCUT2D eigenvalue weighted by Gasteiger charge is -2.08. The van der Waals surface area contributed by atoms with Crippen molar-refractivity contribution in [1.82, 2.24) is 0 Å². The number of oxime groups is 4. The quantitative estimate of drug-likeness (QED) is 0.0585. The van der Waals surface area contributed by atoms with E-state index in [0.717, 1.165) is 36.8 Å². The molecule has 0 N–H and O–H groups in total. The fraction of sp³-hybridized carbons (Fsp3) is 0.385. The Balaban J connectivity index is 2.35. The van der Waals surface area contributed by atoms with Gasteiger partial charge in [-0.25, -0.2) is 0 Å². The van der Waals surface area contributed by atoms with E-state index in [1.54, 1.807) is 31.4 Å². The number of allylic oxidation sites excluding steroid dienone is 3. The average Bonchev–Trinajstić information content (AvgIpc) is 2.90. The molecule has 38 heavy (non-hydrogen) atoms. The smallest absolute Gasteiger partial charge is 0.308 e. The lowest BCUT2D eigenvalue weighted by Crippen LogP contribution is -2.11. The van der Waals surface area contributed by atoms with Crippen molar-refractivity contribution < 1.29 is 28.9 Å². The van der Waals surface area contributed by atoms with Crippen LogP contribution in [0.25, 0.3) is 0 Å². The van der Waals surface area contributed by atoms with Crippen LogP contribution in [0.1, 0.15) is 57.6 Å². The summed E-state index contributed by atoms with van der Waals surface area (Å²) in [4.78, 5) is 43.2. The molecule has 0 saturated heterocycles.